The number of thioether (sulfide) groups is 1. The molecular formula is C18H22FN5O3S. The molecule has 0 aromatic heterocycles. The van der Waals surface area contributed by atoms with Gasteiger partial charge in [0.25, 0.3) is 5.91 Å². The van der Waals surface area contributed by atoms with Crippen LogP contribution in [0.25, 0.3) is 0 Å². The van der Waals surface area contributed by atoms with Gasteiger partial charge in [-0.1, -0.05) is 23.9 Å². The Morgan fingerprint density at radius 1 is 1.36 bits per heavy atom. The van der Waals surface area contributed by atoms with Gasteiger partial charge in [0.05, 0.1) is 12.3 Å². The van der Waals surface area contributed by atoms with Crippen molar-refractivity contribution in [1.29, 1.82) is 0 Å². The van der Waals surface area contributed by atoms with Crippen LogP contribution < -0.4 is 10.7 Å². The highest BCUT2D eigenvalue weighted by Gasteiger charge is 2.37. The first-order chi connectivity index (χ1) is 13.6. The van der Waals surface area contributed by atoms with Crippen molar-refractivity contribution in [2.45, 2.75) is 19.1 Å². The number of carbonyl (C=O) groups is 2. The number of rotatable bonds is 8. The molecule has 2 aliphatic rings. The van der Waals surface area contributed by atoms with E-state index in [0.29, 0.717) is 24.9 Å². The Kier molecular flexibility index (Phi) is 6.88. The van der Waals surface area contributed by atoms with Crippen molar-refractivity contribution in [3.63, 3.8) is 0 Å². The Balaban J connectivity index is 1.50. The van der Waals surface area contributed by atoms with Crippen LogP contribution in [0, 0.1) is 5.82 Å². The first-order valence-corrected chi connectivity index (χ1v) is 9.80. The number of methoxy groups -OCH3 is 1. The van der Waals surface area contributed by atoms with Crippen LogP contribution in [0.4, 0.5) is 4.39 Å². The van der Waals surface area contributed by atoms with Gasteiger partial charge in [0.2, 0.25) is 12.1 Å². The molecular weight excluding hydrogens is 385 g/mol. The van der Waals surface area contributed by atoms with E-state index in [1.807, 2.05) is 0 Å². The number of amides is 2. The molecule has 8 nitrogen and oxygen atoms in total. The van der Waals surface area contributed by atoms with Crippen molar-refractivity contribution >= 4 is 28.7 Å². The summed E-state index contributed by atoms with van der Waals surface area (Å²) in [4.78, 5) is 27.8. The molecule has 3 rings (SSSR count). The molecule has 10 heteroatoms. The van der Waals surface area contributed by atoms with Crippen molar-refractivity contribution in [1.82, 2.24) is 20.5 Å². The quantitative estimate of drug-likeness (QED) is 0.626. The summed E-state index contributed by atoms with van der Waals surface area (Å²) in [5.74, 6) is -0.378. The van der Waals surface area contributed by atoms with Gasteiger partial charge in [-0.2, -0.15) is 5.10 Å². The van der Waals surface area contributed by atoms with E-state index in [4.69, 9.17) is 4.74 Å². The van der Waals surface area contributed by atoms with Gasteiger partial charge in [-0.25, -0.2) is 4.39 Å². The first kappa shape index (κ1) is 20.2. The third kappa shape index (κ3) is 5.02. The van der Waals surface area contributed by atoms with Crippen molar-refractivity contribution in [2.75, 3.05) is 26.0 Å². The van der Waals surface area contributed by atoms with Gasteiger partial charge in [-0.15, -0.1) is 0 Å². The summed E-state index contributed by atoms with van der Waals surface area (Å²) in [6, 6.07) is 6.03. The highest BCUT2D eigenvalue weighted by molar-refractivity contribution is 8.14. The number of halogens is 1. The van der Waals surface area contributed by atoms with Gasteiger partial charge in [0, 0.05) is 32.7 Å². The Bertz CT molecular complexity index is 771. The van der Waals surface area contributed by atoms with Crippen LogP contribution in [-0.2, 0) is 20.9 Å². The minimum absolute atomic E-state index is 0.0995. The lowest BCUT2D eigenvalue weighted by Gasteiger charge is -2.31. The molecule has 0 saturated carbocycles. The fourth-order valence-corrected chi connectivity index (χ4v) is 3.50. The highest BCUT2D eigenvalue weighted by atomic mass is 32.2. The zero-order valence-electron chi connectivity index (χ0n) is 15.4. The van der Waals surface area contributed by atoms with Crippen molar-refractivity contribution in [3.05, 3.63) is 48.0 Å². The number of carbonyl (C=O) groups excluding carboxylic acids is 2. The monoisotopic (exact) mass is 407 g/mol. The van der Waals surface area contributed by atoms with Crippen LogP contribution in [0.5, 0.6) is 0 Å². The Hall–Kier alpha value is -2.59. The number of amidine groups is 1. The van der Waals surface area contributed by atoms with Gasteiger partial charge < -0.3 is 15.0 Å². The molecule has 0 saturated heterocycles. The highest BCUT2D eigenvalue weighted by Crippen LogP contribution is 2.23. The molecule has 2 aliphatic heterocycles. The molecule has 150 valence electrons. The summed E-state index contributed by atoms with van der Waals surface area (Å²) in [5, 5.41) is 7.54. The maximum Gasteiger partial charge on any atom is 0.272 e. The summed E-state index contributed by atoms with van der Waals surface area (Å²) >= 11 is 1.26. The number of ether oxygens (including phenoxy) is 1. The molecule has 2 N–H and O–H groups in total. The van der Waals surface area contributed by atoms with Crippen LogP contribution in [-0.4, -0.2) is 59.0 Å². The summed E-state index contributed by atoms with van der Waals surface area (Å²) in [6.07, 6.45) is 3.52. The third-order valence-corrected chi connectivity index (χ3v) is 5.12. The molecule has 1 aromatic rings. The van der Waals surface area contributed by atoms with Crippen LogP contribution >= 0.6 is 11.8 Å². The van der Waals surface area contributed by atoms with E-state index in [1.165, 1.54) is 23.9 Å². The van der Waals surface area contributed by atoms with Crippen LogP contribution in [0.1, 0.15) is 12.0 Å². The number of nitrogens with zero attached hydrogens (tertiary/aromatic N) is 3. The zero-order chi connectivity index (χ0) is 19.9. The summed E-state index contributed by atoms with van der Waals surface area (Å²) in [7, 11) is 1.62. The topological polar surface area (TPSA) is 86.3 Å². The SMILES string of the molecule is COCCCNC(=O)CSC1=NNC2C(=O)N(Cc3ccc(F)cc3)C=CN12. The first-order valence-electron chi connectivity index (χ1n) is 8.81. The molecule has 0 aliphatic carbocycles. The largest absolute Gasteiger partial charge is 0.385 e. The molecule has 0 bridgehead atoms. The number of hydrogen-bond acceptors (Lipinski definition) is 7. The van der Waals surface area contributed by atoms with E-state index in [-0.39, 0.29) is 23.4 Å². The maximum atomic E-state index is 13.0. The van der Waals surface area contributed by atoms with E-state index in [0.717, 1.165) is 12.0 Å². The van der Waals surface area contributed by atoms with Crippen molar-refractivity contribution in [2.24, 2.45) is 5.10 Å². The Labute approximate surface area is 166 Å². The molecule has 1 atom stereocenters. The van der Waals surface area contributed by atoms with Gasteiger partial charge >= 0.3 is 0 Å². The molecule has 2 amide bonds. The van der Waals surface area contributed by atoms with Crippen molar-refractivity contribution in [3.8, 4) is 0 Å². The van der Waals surface area contributed by atoms with E-state index in [2.05, 4.69) is 15.8 Å². The molecule has 1 unspecified atom stereocenters. The number of hydrogen-bond donors (Lipinski definition) is 2. The van der Waals surface area contributed by atoms with Gasteiger partial charge in [-0.05, 0) is 24.1 Å². The third-order valence-electron chi connectivity index (χ3n) is 4.15. The average Bonchev–Trinajstić information content (AvgIpc) is 3.11. The number of benzene rings is 1. The fraction of sp³-hybridized carbons (Fsp3) is 0.389. The summed E-state index contributed by atoms with van der Waals surface area (Å²) in [5.41, 5.74) is 3.63. The van der Waals surface area contributed by atoms with E-state index in [9.17, 15) is 14.0 Å². The van der Waals surface area contributed by atoms with Crippen LogP contribution in [0.2, 0.25) is 0 Å². The van der Waals surface area contributed by atoms with Gasteiger partial charge in [0.1, 0.15) is 5.82 Å². The average molecular weight is 407 g/mol. The maximum absolute atomic E-state index is 13.0. The van der Waals surface area contributed by atoms with E-state index >= 15 is 0 Å². The second-order valence-corrected chi connectivity index (χ2v) is 7.15. The van der Waals surface area contributed by atoms with Crippen LogP contribution in [0.3, 0.4) is 0 Å². The minimum atomic E-state index is -0.641. The Morgan fingerprint density at radius 3 is 2.89 bits per heavy atom. The summed E-state index contributed by atoms with van der Waals surface area (Å²) in [6.45, 7) is 1.50. The lowest BCUT2D eigenvalue weighted by Crippen LogP contribution is -2.51. The van der Waals surface area contributed by atoms with E-state index < -0.39 is 6.17 Å². The zero-order valence-corrected chi connectivity index (χ0v) is 16.2. The summed E-state index contributed by atoms with van der Waals surface area (Å²) < 4.78 is 18.0. The predicted molar refractivity (Wildman–Crippen MR) is 104 cm³/mol. The minimum Gasteiger partial charge on any atom is -0.385 e. The fourth-order valence-electron chi connectivity index (χ4n) is 2.70. The smallest absolute Gasteiger partial charge is 0.272 e. The van der Waals surface area contributed by atoms with E-state index in [1.54, 1.807) is 41.4 Å². The van der Waals surface area contributed by atoms with Crippen LogP contribution in [0.15, 0.2) is 41.8 Å². The van der Waals surface area contributed by atoms with Crippen molar-refractivity contribution < 1.29 is 18.7 Å². The molecule has 28 heavy (non-hydrogen) atoms. The second-order valence-electron chi connectivity index (χ2n) is 6.21. The standard InChI is InChI=1S/C18H22FN5O3S/c1-27-10-2-7-20-15(25)12-28-18-22-21-16-17(26)23(8-9-24(16)18)11-13-3-5-14(19)6-4-13/h3-6,8-9,16,21H,2,7,10-12H2,1H3,(H,20,25). The molecule has 0 spiro atoms. The van der Waals surface area contributed by atoms with Gasteiger partial charge in [0.15, 0.2) is 5.17 Å². The molecule has 2 heterocycles. The number of hydrazone groups is 1. The molecule has 0 fully saturated rings. The number of nitrogens with one attached hydrogen (secondary N) is 2. The Morgan fingerprint density at radius 2 is 2.14 bits per heavy atom. The molecule has 0 radical (unpaired) electrons. The normalized spacial score (nSPS) is 18.0. The number of fused-ring (bicyclic) bond motifs is 1. The lowest BCUT2D eigenvalue weighted by molar-refractivity contribution is -0.134. The lowest BCUT2D eigenvalue weighted by atomic mass is 10.2. The second kappa shape index (κ2) is 9.56. The predicted octanol–water partition coefficient (Wildman–Crippen LogP) is 1.03. The molecule has 1 aromatic carbocycles. The van der Waals surface area contributed by atoms with Gasteiger partial charge in [-0.3, -0.25) is 19.9 Å².